The molecule has 2 rings (SSSR count). The second-order valence-electron chi connectivity index (χ2n) is 3.73. The normalized spacial score (nSPS) is 10.4. The van der Waals surface area contributed by atoms with E-state index < -0.39 is 0 Å². The molecule has 0 aliphatic carbocycles. The molecule has 5 heteroatoms. The number of aryl methyl sites for hydroxylation is 2. The van der Waals surface area contributed by atoms with Gasteiger partial charge in [0.2, 0.25) is 0 Å². The number of nitrogens with zero attached hydrogens (tertiary/aromatic N) is 3. The standard InChI is InChI=1S/C13H14IN3O/c1-3-10-11(4-2)16-17-13(15-10)18-12-8-6-5-7-9(12)14/h5-8H,3-4H2,1-2H3. The largest absolute Gasteiger partial charge is 0.422 e. The maximum Gasteiger partial charge on any atom is 0.341 e. The van der Waals surface area contributed by atoms with Gasteiger partial charge in [-0.25, -0.2) is 0 Å². The van der Waals surface area contributed by atoms with Gasteiger partial charge in [-0.15, -0.1) is 5.10 Å². The van der Waals surface area contributed by atoms with Crippen LogP contribution in [0.1, 0.15) is 25.2 Å². The lowest BCUT2D eigenvalue weighted by atomic mass is 10.2. The Hall–Kier alpha value is -1.24. The van der Waals surface area contributed by atoms with E-state index in [0.29, 0.717) is 6.01 Å². The molecular formula is C13H14IN3O. The van der Waals surface area contributed by atoms with E-state index in [1.807, 2.05) is 31.2 Å². The van der Waals surface area contributed by atoms with E-state index in [-0.39, 0.29) is 0 Å². The predicted molar refractivity (Wildman–Crippen MR) is 77.8 cm³/mol. The van der Waals surface area contributed by atoms with Crippen LogP contribution < -0.4 is 4.74 Å². The number of rotatable bonds is 4. The van der Waals surface area contributed by atoms with Crippen LogP contribution in [0.2, 0.25) is 0 Å². The lowest BCUT2D eigenvalue weighted by Gasteiger charge is -2.07. The number of para-hydroxylation sites is 1. The number of ether oxygens (including phenoxy) is 1. The molecule has 94 valence electrons. The minimum atomic E-state index is 0.313. The Morgan fingerprint density at radius 1 is 1.06 bits per heavy atom. The lowest BCUT2D eigenvalue weighted by Crippen LogP contribution is -2.04. The molecule has 0 saturated heterocycles. The Labute approximate surface area is 120 Å². The average Bonchev–Trinajstić information content (AvgIpc) is 2.41. The Balaban J connectivity index is 2.27. The van der Waals surface area contributed by atoms with Crippen LogP contribution in [0.5, 0.6) is 11.8 Å². The summed E-state index contributed by atoms with van der Waals surface area (Å²) in [6, 6.07) is 8.07. The van der Waals surface area contributed by atoms with Gasteiger partial charge in [0.15, 0.2) is 0 Å². The van der Waals surface area contributed by atoms with Crippen LogP contribution >= 0.6 is 22.6 Å². The number of aromatic nitrogens is 3. The molecule has 0 aliphatic heterocycles. The van der Waals surface area contributed by atoms with Gasteiger partial charge in [0.25, 0.3) is 0 Å². The van der Waals surface area contributed by atoms with Crippen molar-refractivity contribution in [2.45, 2.75) is 26.7 Å². The number of benzene rings is 1. The van der Waals surface area contributed by atoms with Crippen LogP contribution in [0.25, 0.3) is 0 Å². The minimum Gasteiger partial charge on any atom is -0.422 e. The van der Waals surface area contributed by atoms with E-state index in [4.69, 9.17) is 4.74 Å². The van der Waals surface area contributed by atoms with Crippen LogP contribution in [0.4, 0.5) is 0 Å². The van der Waals surface area contributed by atoms with Crippen LogP contribution in [0.3, 0.4) is 0 Å². The Morgan fingerprint density at radius 2 is 1.78 bits per heavy atom. The van der Waals surface area contributed by atoms with E-state index in [9.17, 15) is 0 Å². The van der Waals surface area contributed by atoms with Gasteiger partial charge in [0.05, 0.1) is 15.0 Å². The maximum absolute atomic E-state index is 5.66. The molecule has 0 N–H and O–H groups in total. The highest BCUT2D eigenvalue weighted by atomic mass is 127. The van der Waals surface area contributed by atoms with Gasteiger partial charge >= 0.3 is 6.01 Å². The van der Waals surface area contributed by atoms with Crippen LogP contribution in [-0.2, 0) is 12.8 Å². The summed E-state index contributed by atoms with van der Waals surface area (Å²) in [5.41, 5.74) is 1.89. The van der Waals surface area contributed by atoms with Crippen molar-refractivity contribution in [1.82, 2.24) is 15.2 Å². The molecule has 0 aliphatic rings. The summed E-state index contributed by atoms with van der Waals surface area (Å²) < 4.78 is 6.68. The van der Waals surface area contributed by atoms with E-state index in [1.54, 1.807) is 0 Å². The highest BCUT2D eigenvalue weighted by Crippen LogP contribution is 2.24. The molecule has 0 spiro atoms. The molecule has 0 bridgehead atoms. The summed E-state index contributed by atoms with van der Waals surface area (Å²) in [6.07, 6.45) is 1.67. The molecule has 4 nitrogen and oxygen atoms in total. The van der Waals surface area contributed by atoms with Crippen molar-refractivity contribution in [2.75, 3.05) is 0 Å². The molecular weight excluding hydrogens is 341 g/mol. The third-order valence-corrected chi connectivity index (χ3v) is 3.42. The molecule has 0 atom stereocenters. The highest BCUT2D eigenvalue weighted by Gasteiger charge is 2.09. The zero-order valence-electron chi connectivity index (χ0n) is 10.4. The van der Waals surface area contributed by atoms with Gasteiger partial charge in [-0.05, 0) is 47.6 Å². The summed E-state index contributed by atoms with van der Waals surface area (Å²) in [7, 11) is 0. The average molecular weight is 355 g/mol. The first-order chi connectivity index (χ1) is 8.74. The van der Waals surface area contributed by atoms with Gasteiger partial charge in [-0.2, -0.15) is 4.98 Å². The third-order valence-electron chi connectivity index (χ3n) is 2.53. The van der Waals surface area contributed by atoms with E-state index in [0.717, 1.165) is 33.5 Å². The van der Waals surface area contributed by atoms with E-state index in [2.05, 4.69) is 44.7 Å². The fourth-order valence-corrected chi connectivity index (χ4v) is 2.09. The predicted octanol–water partition coefficient (Wildman–Crippen LogP) is 3.39. The Bertz CT molecular complexity index is 546. The topological polar surface area (TPSA) is 47.9 Å². The van der Waals surface area contributed by atoms with Gasteiger partial charge in [-0.1, -0.05) is 31.1 Å². The quantitative estimate of drug-likeness (QED) is 0.789. The summed E-state index contributed by atoms with van der Waals surface area (Å²) in [6.45, 7) is 4.10. The third kappa shape index (κ3) is 2.95. The highest BCUT2D eigenvalue weighted by molar-refractivity contribution is 14.1. The van der Waals surface area contributed by atoms with Crippen LogP contribution in [0.15, 0.2) is 24.3 Å². The molecule has 0 fully saturated rings. The Morgan fingerprint density at radius 3 is 2.44 bits per heavy atom. The summed E-state index contributed by atoms with van der Waals surface area (Å²) in [5.74, 6) is 0.756. The fraction of sp³-hybridized carbons (Fsp3) is 0.308. The molecule has 1 heterocycles. The molecule has 0 unspecified atom stereocenters. The van der Waals surface area contributed by atoms with Crippen molar-refractivity contribution < 1.29 is 4.74 Å². The van der Waals surface area contributed by atoms with Crippen molar-refractivity contribution in [1.29, 1.82) is 0 Å². The zero-order valence-corrected chi connectivity index (χ0v) is 12.5. The van der Waals surface area contributed by atoms with Crippen molar-refractivity contribution >= 4 is 22.6 Å². The van der Waals surface area contributed by atoms with E-state index >= 15 is 0 Å². The number of hydrogen-bond donors (Lipinski definition) is 0. The van der Waals surface area contributed by atoms with Crippen molar-refractivity contribution in [3.63, 3.8) is 0 Å². The smallest absolute Gasteiger partial charge is 0.341 e. The summed E-state index contributed by atoms with van der Waals surface area (Å²) >= 11 is 2.22. The molecule has 1 aromatic heterocycles. The van der Waals surface area contributed by atoms with Gasteiger partial charge in [0.1, 0.15) is 5.75 Å². The van der Waals surface area contributed by atoms with Gasteiger partial charge < -0.3 is 4.74 Å². The first kappa shape index (κ1) is 13.2. The van der Waals surface area contributed by atoms with Gasteiger partial charge in [0, 0.05) is 0 Å². The molecule has 0 radical (unpaired) electrons. The SMILES string of the molecule is CCc1nnc(Oc2ccccc2I)nc1CC. The molecule has 0 amide bonds. The molecule has 2 aromatic rings. The number of hydrogen-bond acceptors (Lipinski definition) is 4. The monoisotopic (exact) mass is 355 g/mol. The van der Waals surface area contributed by atoms with E-state index in [1.165, 1.54) is 0 Å². The van der Waals surface area contributed by atoms with Crippen molar-refractivity contribution in [2.24, 2.45) is 0 Å². The number of halogens is 1. The minimum absolute atomic E-state index is 0.313. The summed E-state index contributed by atoms with van der Waals surface area (Å²) in [5, 5.41) is 8.16. The first-order valence-corrected chi connectivity index (χ1v) is 6.97. The maximum atomic E-state index is 5.66. The van der Waals surface area contributed by atoms with Crippen molar-refractivity contribution in [3.05, 3.63) is 39.2 Å². The Kier molecular flexibility index (Phi) is 4.46. The lowest BCUT2D eigenvalue weighted by molar-refractivity contribution is 0.426. The fourth-order valence-electron chi connectivity index (χ4n) is 1.59. The second-order valence-corrected chi connectivity index (χ2v) is 4.89. The summed E-state index contributed by atoms with van der Waals surface area (Å²) in [4.78, 5) is 4.40. The first-order valence-electron chi connectivity index (χ1n) is 5.89. The zero-order chi connectivity index (χ0) is 13.0. The van der Waals surface area contributed by atoms with Gasteiger partial charge in [-0.3, -0.25) is 0 Å². The molecule has 1 aromatic carbocycles. The van der Waals surface area contributed by atoms with Crippen LogP contribution in [0, 0.1) is 3.57 Å². The molecule has 0 saturated carbocycles. The van der Waals surface area contributed by atoms with Crippen molar-refractivity contribution in [3.8, 4) is 11.8 Å². The van der Waals surface area contributed by atoms with Crippen LogP contribution in [-0.4, -0.2) is 15.2 Å². The second kappa shape index (κ2) is 6.08. The molecule has 18 heavy (non-hydrogen) atoms.